The van der Waals surface area contributed by atoms with Gasteiger partial charge in [0.15, 0.2) is 0 Å². The second-order valence-corrected chi connectivity index (χ2v) is 10.3. The van der Waals surface area contributed by atoms with Crippen LogP contribution in [-0.2, 0) is 17.7 Å². The zero-order chi connectivity index (χ0) is 20.2. The number of anilines is 1. The highest BCUT2D eigenvalue weighted by molar-refractivity contribution is 7.22. The van der Waals surface area contributed by atoms with E-state index in [1.807, 2.05) is 34.6 Å². The minimum absolute atomic E-state index is 0.274. The summed E-state index contributed by atoms with van der Waals surface area (Å²) in [6.45, 7) is 10.8. The molecule has 0 radical (unpaired) electrons. The first-order valence-electron chi connectivity index (χ1n) is 9.25. The number of hydrogen-bond acceptors (Lipinski definition) is 7. The van der Waals surface area contributed by atoms with E-state index >= 15 is 0 Å². The summed E-state index contributed by atoms with van der Waals surface area (Å²) in [6.07, 6.45) is 0.480. The largest absolute Gasteiger partial charge is 0.444 e. The first kappa shape index (κ1) is 19.1. The van der Waals surface area contributed by atoms with Crippen LogP contribution in [0.5, 0.6) is 0 Å². The molecule has 1 aliphatic rings. The monoisotopic (exact) mass is 416 g/mol. The van der Waals surface area contributed by atoms with Gasteiger partial charge in [-0.05, 0) is 52.7 Å². The van der Waals surface area contributed by atoms with Crippen LogP contribution in [0.2, 0.25) is 0 Å². The lowest BCUT2D eigenvalue weighted by molar-refractivity contribution is 0.0227. The quantitative estimate of drug-likeness (QED) is 0.609. The third-order valence-corrected chi connectivity index (χ3v) is 6.70. The van der Waals surface area contributed by atoms with E-state index in [2.05, 4.69) is 11.1 Å². The van der Waals surface area contributed by atoms with Crippen LogP contribution in [0.25, 0.3) is 20.8 Å². The van der Waals surface area contributed by atoms with Crippen molar-refractivity contribution in [1.82, 2.24) is 14.9 Å². The van der Waals surface area contributed by atoms with Gasteiger partial charge in [-0.1, -0.05) is 0 Å². The molecule has 1 aliphatic heterocycles. The zero-order valence-corrected chi connectivity index (χ0v) is 18.4. The maximum Gasteiger partial charge on any atom is 0.410 e. The molecule has 0 saturated carbocycles. The second kappa shape index (κ2) is 6.70. The third kappa shape index (κ3) is 3.46. The van der Waals surface area contributed by atoms with E-state index in [-0.39, 0.29) is 6.09 Å². The fraction of sp³-hybridized carbons (Fsp3) is 0.450. The van der Waals surface area contributed by atoms with Crippen molar-refractivity contribution in [2.24, 2.45) is 0 Å². The van der Waals surface area contributed by atoms with Gasteiger partial charge in [-0.15, -0.1) is 22.7 Å². The van der Waals surface area contributed by atoms with Crippen molar-refractivity contribution in [3.63, 3.8) is 0 Å². The van der Waals surface area contributed by atoms with E-state index in [9.17, 15) is 4.79 Å². The molecule has 6 nitrogen and oxygen atoms in total. The molecule has 28 heavy (non-hydrogen) atoms. The molecule has 3 aromatic heterocycles. The van der Waals surface area contributed by atoms with E-state index in [1.165, 1.54) is 5.56 Å². The number of thiophene rings is 1. The third-order valence-electron chi connectivity index (χ3n) is 4.63. The Bertz CT molecular complexity index is 1080. The lowest BCUT2D eigenvalue weighted by Gasteiger charge is -2.30. The first-order valence-corrected chi connectivity index (χ1v) is 10.9. The highest BCUT2D eigenvalue weighted by atomic mass is 32.1. The summed E-state index contributed by atoms with van der Waals surface area (Å²) < 4.78 is 6.65. The number of nitrogen functional groups attached to an aromatic ring is 1. The van der Waals surface area contributed by atoms with Crippen molar-refractivity contribution in [3.05, 3.63) is 27.9 Å². The number of nitrogens with zero attached hydrogens (tertiary/aromatic N) is 3. The van der Waals surface area contributed by atoms with Gasteiger partial charge in [-0.2, -0.15) is 0 Å². The molecule has 0 aliphatic carbocycles. The summed E-state index contributed by atoms with van der Waals surface area (Å²) in [7, 11) is 0. The number of rotatable bonds is 1. The maximum absolute atomic E-state index is 12.4. The van der Waals surface area contributed by atoms with E-state index in [1.54, 1.807) is 27.6 Å². The van der Waals surface area contributed by atoms with E-state index in [4.69, 9.17) is 15.5 Å². The number of aromatic nitrogens is 2. The molecule has 0 atom stereocenters. The number of ether oxygens (including phenoxy) is 1. The molecule has 148 valence electrons. The molecular formula is C20H24N4O2S2. The summed E-state index contributed by atoms with van der Waals surface area (Å²) in [5.74, 6) is 0. The van der Waals surface area contributed by atoms with E-state index < -0.39 is 5.60 Å². The van der Waals surface area contributed by atoms with Gasteiger partial charge in [0.05, 0.1) is 21.9 Å². The number of carbonyl (C=O) groups is 1. The lowest BCUT2D eigenvalue weighted by atomic mass is 10.0. The topological polar surface area (TPSA) is 81.3 Å². The molecule has 3 aromatic rings. The van der Waals surface area contributed by atoms with Crippen LogP contribution in [0.3, 0.4) is 0 Å². The number of hydrogen-bond donors (Lipinski definition) is 1. The van der Waals surface area contributed by atoms with Gasteiger partial charge in [0.2, 0.25) is 0 Å². The van der Waals surface area contributed by atoms with E-state index in [0.29, 0.717) is 13.1 Å². The average molecular weight is 417 g/mol. The summed E-state index contributed by atoms with van der Waals surface area (Å²) in [4.78, 5) is 24.7. The van der Waals surface area contributed by atoms with Crippen LogP contribution in [0.15, 0.2) is 6.07 Å². The first-order chi connectivity index (χ1) is 13.1. The molecule has 0 unspecified atom stereocenters. The fourth-order valence-electron chi connectivity index (χ4n) is 3.48. The number of carbonyl (C=O) groups excluding carboxylic acids is 1. The Morgan fingerprint density at radius 1 is 1.25 bits per heavy atom. The molecule has 0 saturated heterocycles. The summed E-state index contributed by atoms with van der Waals surface area (Å²) in [5, 5.41) is 1.70. The van der Waals surface area contributed by atoms with Gasteiger partial charge in [-0.3, -0.25) is 4.98 Å². The SMILES string of the molecule is Cc1cc2sc(-c3c(N)sc4c3CCN(C(=O)OC(C)(C)C)C4)nc2c(C)n1. The maximum atomic E-state index is 12.4. The average Bonchev–Trinajstić information content (AvgIpc) is 3.12. The van der Waals surface area contributed by atoms with Crippen molar-refractivity contribution in [1.29, 1.82) is 0 Å². The van der Waals surface area contributed by atoms with Crippen molar-refractivity contribution >= 4 is 44.0 Å². The van der Waals surface area contributed by atoms with Gasteiger partial charge in [0.1, 0.15) is 16.1 Å². The van der Waals surface area contributed by atoms with Gasteiger partial charge >= 0.3 is 6.09 Å². The molecule has 4 rings (SSSR count). The predicted octanol–water partition coefficient (Wildman–Crippen LogP) is 4.91. The molecule has 1 amide bonds. The van der Waals surface area contributed by atoms with Gasteiger partial charge in [0.25, 0.3) is 0 Å². The Hall–Kier alpha value is -2.19. The second-order valence-electron chi connectivity index (χ2n) is 8.11. The summed E-state index contributed by atoms with van der Waals surface area (Å²) >= 11 is 3.20. The molecule has 0 bridgehead atoms. The fourth-order valence-corrected chi connectivity index (χ4v) is 5.88. The standard InChI is InChI=1S/C20H24N4O2S2/c1-10-8-13-16(11(2)22-10)23-18(28-13)15-12-6-7-24(9-14(12)27-17(15)21)19(25)26-20(3,4)5/h8H,6-7,9,21H2,1-5H3. The number of nitrogens with two attached hydrogens (primary N) is 1. The number of pyridine rings is 1. The Morgan fingerprint density at radius 3 is 2.71 bits per heavy atom. The van der Waals surface area contributed by atoms with Crippen LogP contribution < -0.4 is 5.73 Å². The molecule has 4 heterocycles. The van der Waals surface area contributed by atoms with Crippen molar-refractivity contribution < 1.29 is 9.53 Å². The molecule has 0 fully saturated rings. The summed E-state index contributed by atoms with van der Waals surface area (Å²) in [5.41, 5.74) is 11.0. The van der Waals surface area contributed by atoms with Gasteiger partial charge < -0.3 is 15.4 Å². The predicted molar refractivity (Wildman–Crippen MR) is 115 cm³/mol. The van der Waals surface area contributed by atoms with Crippen LogP contribution in [0.4, 0.5) is 9.80 Å². The molecular weight excluding hydrogens is 392 g/mol. The van der Waals surface area contributed by atoms with Crippen LogP contribution >= 0.6 is 22.7 Å². The smallest absolute Gasteiger partial charge is 0.410 e. The van der Waals surface area contributed by atoms with E-state index in [0.717, 1.165) is 48.5 Å². The minimum Gasteiger partial charge on any atom is -0.444 e. The van der Waals surface area contributed by atoms with Crippen LogP contribution in [0.1, 0.15) is 42.6 Å². The Labute approximate surface area is 172 Å². The number of fused-ring (bicyclic) bond motifs is 2. The number of amides is 1. The highest BCUT2D eigenvalue weighted by Gasteiger charge is 2.30. The minimum atomic E-state index is -0.498. The van der Waals surface area contributed by atoms with Crippen molar-refractivity contribution in [2.45, 2.75) is 53.2 Å². The lowest BCUT2D eigenvalue weighted by Crippen LogP contribution is -2.39. The molecule has 0 spiro atoms. The number of aryl methyl sites for hydroxylation is 2. The Balaban J connectivity index is 1.68. The van der Waals surface area contributed by atoms with Gasteiger partial charge in [-0.25, -0.2) is 9.78 Å². The Morgan fingerprint density at radius 2 is 2.00 bits per heavy atom. The highest BCUT2D eigenvalue weighted by Crippen LogP contribution is 2.44. The Kier molecular flexibility index (Phi) is 4.58. The number of thiazole rings is 1. The van der Waals surface area contributed by atoms with Crippen molar-refractivity contribution in [3.8, 4) is 10.6 Å². The van der Waals surface area contributed by atoms with Gasteiger partial charge in [0, 0.05) is 22.7 Å². The zero-order valence-electron chi connectivity index (χ0n) is 16.8. The molecule has 0 aromatic carbocycles. The van der Waals surface area contributed by atoms with Crippen molar-refractivity contribution in [2.75, 3.05) is 12.3 Å². The molecule has 2 N–H and O–H groups in total. The van der Waals surface area contributed by atoms with Crippen LogP contribution in [0, 0.1) is 13.8 Å². The normalized spacial score (nSPS) is 14.4. The molecule has 8 heteroatoms. The summed E-state index contributed by atoms with van der Waals surface area (Å²) in [6, 6.07) is 2.07. The van der Waals surface area contributed by atoms with Crippen LogP contribution in [-0.4, -0.2) is 33.1 Å².